The van der Waals surface area contributed by atoms with E-state index in [1.807, 2.05) is 30.3 Å². The number of rotatable bonds is 14. The topological polar surface area (TPSA) is 137 Å². The zero-order chi connectivity index (χ0) is 31.1. The van der Waals surface area contributed by atoms with Gasteiger partial charge in [0.25, 0.3) is 0 Å². The van der Waals surface area contributed by atoms with E-state index in [1.54, 1.807) is 31.5 Å². The molecule has 0 unspecified atom stereocenters. The van der Waals surface area contributed by atoms with Gasteiger partial charge >= 0.3 is 0 Å². The van der Waals surface area contributed by atoms with Crippen LogP contribution >= 0.6 is 0 Å². The molecule has 2 aromatic heterocycles. The van der Waals surface area contributed by atoms with Crippen LogP contribution in [-0.2, 0) is 10.0 Å². The van der Waals surface area contributed by atoms with Gasteiger partial charge < -0.3 is 34.9 Å². The monoisotopic (exact) mass is 622 g/mol. The van der Waals surface area contributed by atoms with Crippen LogP contribution in [0, 0.1) is 0 Å². The Morgan fingerprint density at radius 3 is 2.55 bits per heavy atom. The molecule has 4 aromatic rings. The van der Waals surface area contributed by atoms with Gasteiger partial charge in [-0.05, 0) is 76.3 Å². The van der Waals surface area contributed by atoms with Crippen LogP contribution in [0.4, 0.5) is 28.8 Å². The molecule has 0 amide bonds. The van der Waals surface area contributed by atoms with E-state index in [9.17, 15) is 8.42 Å². The van der Waals surface area contributed by atoms with Gasteiger partial charge in [-0.25, -0.2) is 8.42 Å². The minimum atomic E-state index is -3.48. The Morgan fingerprint density at radius 1 is 1.05 bits per heavy atom. The third kappa shape index (κ3) is 8.10. The van der Waals surface area contributed by atoms with Gasteiger partial charge in [-0.2, -0.15) is 9.97 Å². The van der Waals surface area contributed by atoms with Crippen molar-refractivity contribution < 1.29 is 17.9 Å². The molecule has 0 atom stereocenters. The molecule has 0 bridgehead atoms. The van der Waals surface area contributed by atoms with Gasteiger partial charge in [-0.1, -0.05) is 19.1 Å². The van der Waals surface area contributed by atoms with Gasteiger partial charge in [0.05, 0.1) is 42.4 Å². The molecular weight excluding hydrogens is 580 g/mol. The second-order valence-corrected chi connectivity index (χ2v) is 12.8. The number of likely N-dealkylation sites (tertiary alicyclic amines) is 1. The number of sulfonamides is 1. The van der Waals surface area contributed by atoms with Gasteiger partial charge in [-0.15, -0.1) is 0 Å². The third-order valence-corrected chi connectivity index (χ3v) is 8.37. The summed E-state index contributed by atoms with van der Waals surface area (Å²) in [5.41, 5.74) is 2.22. The summed E-state index contributed by atoms with van der Waals surface area (Å²) >= 11 is 0. The average molecular weight is 623 g/mol. The lowest BCUT2D eigenvalue weighted by atomic mass is 10.0. The van der Waals surface area contributed by atoms with E-state index in [0.29, 0.717) is 52.9 Å². The van der Waals surface area contributed by atoms with Gasteiger partial charge in [0.1, 0.15) is 23.0 Å². The highest BCUT2D eigenvalue weighted by molar-refractivity contribution is 7.92. The van der Waals surface area contributed by atoms with Crippen molar-refractivity contribution in [2.75, 3.05) is 68.6 Å². The quantitative estimate of drug-likeness (QED) is 0.142. The molecule has 1 aliphatic rings. The third-order valence-electron chi connectivity index (χ3n) is 7.78. The van der Waals surface area contributed by atoms with E-state index in [4.69, 9.17) is 14.5 Å². The molecule has 13 heteroatoms. The zero-order valence-electron chi connectivity index (χ0n) is 25.8. The molecule has 0 radical (unpaired) electrons. The highest BCUT2D eigenvalue weighted by Gasteiger charge is 2.21. The van der Waals surface area contributed by atoms with Crippen LogP contribution in [0.5, 0.6) is 11.5 Å². The van der Waals surface area contributed by atoms with Crippen LogP contribution in [0.25, 0.3) is 11.0 Å². The van der Waals surface area contributed by atoms with Gasteiger partial charge in [-0.3, -0.25) is 4.72 Å². The summed E-state index contributed by atoms with van der Waals surface area (Å²) in [5, 5.41) is 7.29. The molecular formula is C31H42N8O4S. The van der Waals surface area contributed by atoms with Crippen LogP contribution in [0.3, 0.4) is 0 Å². The number of H-pyrrole nitrogens is 1. The number of anilines is 5. The molecule has 0 spiro atoms. The first-order valence-corrected chi connectivity index (χ1v) is 16.8. The van der Waals surface area contributed by atoms with E-state index >= 15 is 0 Å². The van der Waals surface area contributed by atoms with Crippen LogP contribution < -0.4 is 24.8 Å². The lowest BCUT2D eigenvalue weighted by molar-refractivity contribution is 0.119. The van der Waals surface area contributed by atoms with Crippen LogP contribution in [0.2, 0.25) is 0 Å². The predicted octanol–water partition coefficient (Wildman–Crippen LogP) is 5.01. The van der Waals surface area contributed by atoms with Crippen LogP contribution in [0.15, 0.2) is 54.7 Å². The maximum absolute atomic E-state index is 11.9. The van der Waals surface area contributed by atoms with Crippen LogP contribution in [0.1, 0.15) is 26.2 Å². The predicted molar refractivity (Wildman–Crippen MR) is 176 cm³/mol. The molecule has 0 saturated carbocycles. The van der Waals surface area contributed by atoms with Crippen molar-refractivity contribution in [1.29, 1.82) is 0 Å². The van der Waals surface area contributed by atoms with E-state index in [2.05, 4.69) is 49.1 Å². The second-order valence-electron chi connectivity index (χ2n) is 11.0. The molecule has 2 aromatic carbocycles. The van der Waals surface area contributed by atoms with Crippen molar-refractivity contribution in [2.45, 2.75) is 32.2 Å². The van der Waals surface area contributed by atoms with Crippen molar-refractivity contribution in [3.8, 4) is 11.5 Å². The first kappa shape index (κ1) is 31.4. The Morgan fingerprint density at radius 2 is 1.82 bits per heavy atom. The molecule has 236 valence electrons. The summed E-state index contributed by atoms with van der Waals surface area (Å²) in [4.78, 5) is 17.5. The summed E-state index contributed by atoms with van der Waals surface area (Å²) < 4.78 is 38.1. The molecule has 1 fully saturated rings. The van der Waals surface area contributed by atoms with Crippen molar-refractivity contribution in [3.05, 3.63) is 54.7 Å². The number of nitrogens with one attached hydrogen (secondary N) is 4. The summed E-state index contributed by atoms with van der Waals surface area (Å²) in [5.74, 6) is 2.15. The normalized spacial score (nSPS) is 14.6. The Bertz CT molecular complexity index is 1650. The van der Waals surface area contributed by atoms with Crippen molar-refractivity contribution >= 4 is 49.9 Å². The highest BCUT2D eigenvalue weighted by atomic mass is 32.2. The van der Waals surface area contributed by atoms with E-state index in [1.165, 1.54) is 12.8 Å². The fourth-order valence-electron chi connectivity index (χ4n) is 5.51. The highest BCUT2D eigenvalue weighted by Crippen LogP contribution is 2.33. The molecule has 4 N–H and O–H groups in total. The minimum Gasteiger partial charge on any atom is -0.495 e. The number of nitrogens with zero attached hydrogens (tertiary/aromatic N) is 4. The fourth-order valence-corrected chi connectivity index (χ4v) is 6.09. The molecule has 0 aliphatic carbocycles. The lowest BCUT2D eigenvalue weighted by Crippen LogP contribution is -2.44. The first-order chi connectivity index (χ1) is 21.2. The van der Waals surface area contributed by atoms with Gasteiger partial charge in [0.2, 0.25) is 16.0 Å². The summed E-state index contributed by atoms with van der Waals surface area (Å²) in [6.45, 7) is 7.21. The minimum absolute atomic E-state index is 0.322. The molecule has 44 heavy (non-hydrogen) atoms. The van der Waals surface area contributed by atoms with Gasteiger partial charge in [0, 0.05) is 24.8 Å². The van der Waals surface area contributed by atoms with Crippen molar-refractivity contribution in [2.24, 2.45) is 0 Å². The number of fused-ring (bicyclic) bond motifs is 1. The standard InChI is InChI=1S/C31H42N8O4S/c1-5-39(22-14-18-38(2)19-15-22)17-8-20-43-23-11-12-28(42-3)27(21-23)34-31-35-29-24(13-16-32-29)30(36-31)33-25-9-6-7-10-26(25)37-44(4,40)41/h6-7,9-13,16,21-22,37H,5,8,14-15,17-20H2,1-4H3,(H3,32,33,34,35,36). The van der Waals surface area contributed by atoms with Crippen molar-refractivity contribution in [3.63, 3.8) is 0 Å². The number of hydrogen-bond donors (Lipinski definition) is 4. The maximum Gasteiger partial charge on any atom is 0.231 e. The second kappa shape index (κ2) is 14.1. The molecule has 1 saturated heterocycles. The summed E-state index contributed by atoms with van der Waals surface area (Å²) in [7, 11) is 0.326. The molecule has 1 aliphatic heterocycles. The van der Waals surface area contributed by atoms with E-state index in [-0.39, 0.29) is 0 Å². The smallest absolute Gasteiger partial charge is 0.231 e. The molecule has 12 nitrogen and oxygen atoms in total. The van der Waals surface area contributed by atoms with Gasteiger partial charge in [0.15, 0.2) is 0 Å². The average Bonchev–Trinajstić information content (AvgIpc) is 3.47. The Labute approximate surface area is 259 Å². The number of hydrogen-bond acceptors (Lipinski definition) is 10. The lowest BCUT2D eigenvalue weighted by Gasteiger charge is -2.36. The molecule has 5 rings (SSSR count). The number of para-hydroxylation sites is 2. The first-order valence-electron chi connectivity index (χ1n) is 14.9. The number of aromatic nitrogens is 3. The number of piperidine rings is 1. The summed E-state index contributed by atoms with van der Waals surface area (Å²) in [6.07, 6.45) is 6.26. The summed E-state index contributed by atoms with van der Waals surface area (Å²) in [6, 6.07) is 15.2. The van der Waals surface area contributed by atoms with Crippen molar-refractivity contribution in [1.82, 2.24) is 24.8 Å². The maximum atomic E-state index is 11.9. The number of methoxy groups -OCH3 is 1. The zero-order valence-corrected chi connectivity index (χ0v) is 26.6. The number of ether oxygens (including phenoxy) is 2. The SMILES string of the molecule is CCN(CCCOc1ccc(OC)c(Nc2nc(Nc3ccccc3NS(C)(=O)=O)c3cc[nH]c3n2)c1)C1CCN(C)CC1. The number of benzene rings is 2. The van der Waals surface area contributed by atoms with Crippen LogP contribution in [-0.4, -0.2) is 92.4 Å². The Balaban J connectivity index is 1.29. The van der Waals surface area contributed by atoms with E-state index < -0.39 is 10.0 Å². The number of aromatic amines is 1. The Kier molecular flexibility index (Phi) is 10.1. The Hall–Kier alpha value is -4.07. The fraction of sp³-hybridized carbons (Fsp3) is 0.419. The van der Waals surface area contributed by atoms with E-state index in [0.717, 1.165) is 50.0 Å². The molecule has 3 heterocycles. The largest absolute Gasteiger partial charge is 0.495 e.